The second-order valence-electron chi connectivity index (χ2n) is 4.12. The summed E-state index contributed by atoms with van der Waals surface area (Å²) in [6.45, 7) is 5.83. The van der Waals surface area contributed by atoms with Gasteiger partial charge in [-0.15, -0.1) is 0 Å². The van der Waals surface area contributed by atoms with E-state index in [0.29, 0.717) is 6.04 Å². The minimum Gasteiger partial charge on any atom is -0.472 e. The Kier molecular flexibility index (Phi) is 3.41. The summed E-state index contributed by atoms with van der Waals surface area (Å²) in [7, 11) is 0. The van der Waals surface area contributed by atoms with E-state index in [1.165, 1.54) is 0 Å². The molecule has 0 aliphatic carbocycles. The molecule has 0 atom stereocenters. The van der Waals surface area contributed by atoms with Crippen LogP contribution in [0.3, 0.4) is 0 Å². The Morgan fingerprint density at radius 2 is 2.25 bits per heavy atom. The van der Waals surface area contributed by atoms with E-state index >= 15 is 0 Å². The predicted octanol–water partition coefficient (Wildman–Crippen LogP) is 2.35. The highest BCUT2D eigenvalue weighted by atomic mass is 16.3. The number of aromatic nitrogens is 2. The van der Waals surface area contributed by atoms with Gasteiger partial charge in [-0.1, -0.05) is 0 Å². The quantitative estimate of drug-likeness (QED) is 0.839. The molecule has 0 bridgehead atoms. The molecule has 16 heavy (non-hydrogen) atoms. The van der Waals surface area contributed by atoms with Crippen LogP contribution < -0.4 is 5.32 Å². The number of nitrogens with one attached hydrogen (secondary N) is 1. The van der Waals surface area contributed by atoms with E-state index in [-0.39, 0.29) is 0 Å². The molecule has 0 aliphatic heterocycles. The zero-order valence-electron chi connectivity index (χ0n) is 9.68. The van der Waals surface area contributed by atoms with Crippen molar-refractivity contribution in [2.75, 3.05) is 0 Å². The molecule has 0 aromatic carbocycles. The highest BCUT2D eigenvalue weighted by Gasteiger charge is 2.01. The topological polar surface area (TPSA) is 43.0 Å². The van der Waals surface area contributed by atoms with Crippen molar-refractivity contribution in [3.8, 4) is 0 Å². The van der Waals surface area contributed by atoms with Crippen molar-refractivity contribution in [3.63, 3.8) is 0 Å². The summed E-state index contributed by atoms with van der Waals surface area (Å²) in [4.78, 5) is 0. The van der Waals surface area contributed by atoms with Crippen LogP contribution in [0.25, 0.3) is 0 Å². The lowest BCUT2D eigenvalue weighted by Gasteiger charge is -2.04. The highest BCUT2D eigenvalue weighted by Crippen LogP contribution is 2.04. The van der Waals surface area contributed by atoms with Gasteiger partial charge < -0.3 is 9.73 Å². The van der Waals surface area contributed by atoms with Crippen molar-refractivity contribution in [2.45, 2.75) is 33.0 Å². The number of hydrogen-bond donors (Lipinski definition) is 1. The molecule has 0 fully saturated rings. The Morgan fingerprint density at radius 3 is 2.88 bits per heavy atom. The molecule has 4 nitrogen and oxygen atoms in total. The van der Waals surface area contributed by atoms with Gasteiger partial charge in [-0.05, 0) is 26.0 Å². The standard InChI is InChI=1S/C12H17N3O/c1-10(2)15-5-3-12(14-15)8-13-7-11-4-6-16-9-11/h3-6,9-10,13H,7-8H2,1-2H3. The van der Waals surface area contributed by atoms with Crippen molar-refractivity contribution in [3.05, 3.63) is 42.1 Å². The first-order valence-electron chi connectivity index (χ1n) is 5.51. The van der Waals surface area contributed by atoms with Crippen molar-refractivity contribution < 1.29 is 4.42 Å². The third kappa shape index (κ3) is 2.73. The van der Waals surface area contributed by atoms with Gasteiger partial charge in [0.1, 0.15) is 0 Å². The first-order chi connectivity index (χ1) is 7.75. The monoisotopic (exact) mass is 219 g/mol. The van der Waals surface area contributed by atoms with Gasteiger partial charge in [-0.3, -0.25) is 4.68 Å². The smallest absolute Gasteiger partial charge is 0.0947 e. The summed E-state index contributed by atoms with van der Waals surface area (Å²) >= 11 is 0. The van der Waals surface area contributed by atoms with E-state index in [2.05, 4.69) is 24.3 Å². The zero-order chi connectivity index (χ0) is 11.4. The fourth-order valence-corrected chi connectivity index (χ4v) is 1.49. The summed E-state index contributed by atoms with van der Waals surface area (Å²) in [5, 5.41) is 7.78. The van der Waals surface area contributed by atoms with E-state index in [4.69, 9.17) is 4.42 Å². The van der Waals surface area contributed by atoms with Crippen LogP contribution in [0.1, 0.15) is 31.1 Å². The van der Waals surface area contributed by atoms with E-state index in [1.807, 2.05) is 23.0 Å². The summed E-state index contributed by atoms with van der Waals surface area (Å²) in [6, 6.07) is 4.42. The van der Waals surface area contributed by atoms with Crippen LogP contribution in [0.15, 0.2) is 35.3 Å². The Morgan fingerprint density at radius 1 is 1.38 bits per heavy atom. The Balaban J connectivity index is 1.81. The normalized spacial score (nSPS) is 11.2. The van der Waals surface area contributed by atoms with Crippen molar-refractivity contribution in [1.29, 1.82) is 0 Å². The minimum atomic E-state index is 0.419. The predicted molar refractivity (Wildman–Crippen MR) is 61.9 cm³/mol. The van der Waals surface area contributed by atoms with Crippen LogP contribution in [-0.4, -0.2) is 9.78 Å². The molecule has 2 aromatic rings. The maximum absolute atomic E-state index is 4.99. The second kappa shape index (κ2) is 4.99. The molecular formula is C12H17N3O. The number of nitrogens with zero attached hydrogens (tertiary/aromatic N) is 2. The molecule has 2 heterocycles. The van der Waals surface area contributed by atoms with E-state index in [1.54, 1.807) is 12.5 Å². The molecule has 2 aromatic heterocycles. The Bertz CT molecular complexity index is 417. The first-order valence-corrected chi connectivity index (χ1v) is 5.51. The molecule has 2 rings (SSSR count). The third-order valence-corrected chi connectivity index (χ3v) is 2.41. The maximum atomic E-state index is 4.99. The largest absolute Gasteiger partial charge is 0.472 e. The molecule has 0 amide bonds. The summed E-state index contributed by atoms with van der Waals surface area (Å²) in [5.41, 5.74) is 2.22. The van der Waals surface area contributed by atoms with Crippen LogP contribution in [0, 0.1) is 0 Å². The molecule has 86 valence electrons. The van der Waals surface area contributed by atoms with Crippen LogP contribution >= 0.6 is 0 Å². The molecule has 0 radical (unpaired) electrons. The first kappa shape index (κ1) is 11.0. The average Bonchev–Trinajstić information content (AvgIpc) is 2.87. The number of rotatable bonds is 5. The molecular weight excluding hydrogens is 202 g/mol. The van der Waals surface area contributed by atoms with Gasteiger partial charge in [-0.25, -0.2) is 0 Å². The third-order valence-electron chi connectivity index (χ3n) is 2.41. The molecule has 4 heteroatoms. The molecule has 0 saturated heterocycles. The lowest BCUT2D eigenvalue weighted by atomic mass is 10.3. The summed E-state index contributed by atoms with van der Waals surface area (Å²) < 4.78 is 6.96. The van der Waals surface area contributed by atoms with Crippen LogP contribution in [0.5, 0.6) is 0 Å². The number of hydrogen-bond acceptors (Lipinski definition) is 3. The van der Waals surface area contributed by atoms with Crippen molar-refractivity contribution in [1.82, 2.24) is 15.1 Å². The Labute approximate surface area is 95.3 Å². The van der Waals surface area contributed by atoms with Gasteiger partial charge >= 0.3 is 0 Å². The van der Waals surface area contributed by atoms with Gasteiger partial charge in [0.2, 0.25) is 0 Å². The van der Waals surface area contributed by atoms with Gasteiger partial charge in [0, 0.05) is 30.9 Å². The van der Waals surface area contributed by atoms with Gasteiger partial charge in [0.25, 0.3) is 0 Å². The summed E-state index contributed by atoms with van der Waals surface area (Å²) in [5.74, 6) is 0. The van der Waals surface area contributed by atoms with Crippen LogP contribution in [-0.2, 0) is 13.1 Å². The van der Waals surface area contributed by atoms with Gasteiger partial charge in [0.05, 0.1) is 18.2 Å². The fourth-order valence-electron chi connectivity index (χ4n) is 1.49. The molecule has 0 aliphatic rings. The zero-order valence-corrected chi connectivity index (χ0v) is 9.68. The average molecular weight is 219 g/mol. The van der Waals surface area contributed by atoms with E-state index in [9.17, 15) is 0 Å². The van der Waals surface area contributed by atoms with Gasteiger partial charge in [0.15, 0.2) is 0 Å². The molecule has 1 N–H and O–H groups in total. The van der Waals surface area contributed by atoms with E-state index < -0.39 is 0 Å². The van der Waals surface area contributed by atoms with Crippen molar-refractivity contribution >= 4 is 0 Å². The van der Waals surface area contributed by atoms with Gasteiger partial charge in [-0.2, -0.15) is 5.10 Å². The SMILES string of the molecule is CC(C)n1ccc(CNCc2ccoc2)n1. The molecule has 0 unspecified atom stereocenters. The highest BCUT2D eigenvalue weighted by molar-refractivity contribution is 5.05. The van der Waals surface area contributed by atoms with E-state index in [0.717, 1.165) is 24.3 Å². The molecule has 0 spiro atoms. The number of furan rings is 1. The Hall–Kier alpha value is -1.55. The minimum absolute atomic E-state index is 0.419. The van der Waals surface area contributed by atoms with Crippen LogP contribution in [0.4, 0.5) is 0 Å². The molecule has 0 saturated carbocycles. The maximum Gasteiger partial charge on any atom is 0.0947 e. The lowest BCUT2D eigenvalue weighted by Crippen LogP contribution is -2.13. The fraction of sp³-hybridized carbons (Fsp3) is 0.417. The lowest BCUT2D eigenvalue weighted by molar-refractivity contribution is 0.521. The summed E-state index contributed by atoms with van der Waals surface area (Å²) in [6.07, 6.45) is 5.45. The second-order valence-corrected chi connectivity index (χ2v) is 4.12. The van der Waals surface area contributed by atoms with Crippen molar-refractivity contribution in [2.24, 2.45) is 0 Å². The van der Waals surface area contributed by atoms with Crippen LogP contribution in [0.2, 0.25) is 0 Å².